The Balaban J connectivity index is 1.90. The molecule has 2 aromatic rings. The van der Waals surface area contributed by atoms with E-state index in [4.69, 9.17) is 34.8 Å². The minimum Gasteiger partial charge on any atom is -0.377 e. The molecule has 1 aliphatic heterocycles. The van der Waals surface area contributed by atoms with E-state index in [0.717, 1.165) is 18.1 Å². The van der Waals surface area contributed by atoms with Crippen molar-refractivity contribution in [2.45, 2.75) is 24.6 Å². The van der Waals surface area contributed by atoms with Gasteiger partial charge in [-0.3, -0.25) is 0 Å². The highest BCUT2D eigenvalue weighted by molar-refractivity contribution is 6.35. The van der Waals surface area contributed by atoms with Crippen molar-refractivity contribution >= 4 is 40.5 Å². The Morgan fingerprint density at radius 2 is 1.77 bits per heavy atom. The van der Waals surface area contributed by atoms with Crippen LogP contribution in [0.25, 0.3) is 0 Å². The molecule has 1 N–H and O–H groups in total. The van der Waals surface area contributed by atoms with Crippen LogP contribution in [-0.2, 0) is 6.18 Å². The number of alkyl halides is 3. The van der Waals surface area contributed by atoms with Crippen LogP contribution < -0.4 is 5.32 Å². The van der Waals surface area contributed by atoms with E-state index in [1.165, 1.54) is 6.07 Å². The minimum atomic E-state index is -4.48. The number of hydrogen-bond donors (Lipinski definition) is 1. The van der Waals surface area contributed by atoms with Gasteiger partial charge in [0, 0.05) is 26.5 Å². The average Bonchev–Trinajstić information content (AvgIpc) is 3.02. The predicted molar refractivity (Wildman–Crippen MR) is 99.3 cm³/mol. The summed E-state index contributed by atoms with van der Waals surface area (Å²) in [5.41, 5.74) is 0.551. The Bertz CT molecular complexity index is 908. The van der Waals surface area contributed by atoms with E-state index in [9.17, 15) is 13.2 Å². The molecule has 1 heterocycles. The predicted octanol–water partition coefficient (Wildman–Crippen LogP) is 7.49. The van der Waals surface area contributed by atoms with Crippen LogP contribution in [0.4, 0.5) is 18.9 Å². The maximum atomic E-state index is 13.6. The van der Waals surface area contributed by atoms with Gasteiger partial charge < -0.3 is 5.32 Å². The third kappa shape index (κ3) is 2.88. The van der Waals surface area contributed by atoms with Gasteiger partial charge in [0.05, 0.1) is 17.3 Å². The van der Waals surface area contributed by atoms with Crippen LogP contribution in [0.1, 0.15) is 35.1 Å². The number of nitrogens with one attached hydrogen (secondary N) is 1. The first-order valence-electron chi connectivity index (χ1n) is 8.05. The van der Waals surface area contributed by atoms with Crippen LogP contribution in [0.3, 0.4) is 0 Å². The molecule has 0 spiro atoms. The number of rotatable bonds is 1. The van der Waals surface area contributed by atoms with Crippen LogP contribution in [0, 0.1) is 5.92 Å². The summed E-state index contributed by atoms with van der Waals surface area (Å²) in [7, 11) is 0. The molecule has 0 saturated heterocycles. The van der Waals surface area contributed by atoms with E-state index >= 15 is 0 Å². The molecule has 0 aromatic heterocycles. The summed E-state index contributed by atoms with van der Waals surface area (Å²) < 4.78 is 40.7. The number of benzene rings is 2. The van der Waals surface area contributed by atoms with Gasteiger partial charge >= 0.3 is 6.18 Å². The lowest BCUT2D eigenvalue weighted by Gasteiger charge is -2.39. The van der Waals surface area contributed by atoms with Crippen LogP contribution in [0.2, 0.25) is 15.1 Å². The Morgan fingerprint density at radius 3 is 2.46 bits per heavy atom. The zero-order chi connectivity index (χ0) is 18.6. The molecule has 1 nitrogen and oxygen atoms in total. The SMILES string of the molecule is FC(F)(F)c1ccc(Cl)c2c1N[C@H](c1ccc(Cl)cc1Cl)[C@@H]1CC=C[C@H]21. The van der Waals surface area contributed by atoms with Crippen LogP contribution in [0.15, 0.2) is 42.5 Å². The number of anilines is 1. The molecular formula is C19H13Cl3F3N. The average molecular weight is 419 g/mol. The maximum absolute atomic E-state index is 13.6. The van der Waals surface area contributed by atoms with Gasteiger partial charge in [-0.05, 0) is 42.2 Å². The second kappa shape index (κ2) is 6.36. The first-order chi connectivity index (χ1) is 12.3. The topological polar surface area (TPSA) is 12.0 Å². The highest BCUT2D eigenvalue weighted by atomic mass is 35.5. The fourth-order valence-electron chi connectivity index (χ4n) is 3.96. The summed E-state index contributed by atoms with van der Waals surface area (Å²) in [5.74, 6) is -0.167. The lowest BCUT2D eigenvalue weighted by atomic mass is 9.76. The van der Waals surface area contributed by atoms with Gasteiger partial charge in [-0.2, -0.15) is 13.2 Å². The second-order valence-electron chi connectivity index (χ2n) is 6.52. The maximum Gasteiger partial charge on any atom is 0.418 e. The Labute approximate surface area is 163 Å². The Kier molecular flexibility index (Phi) is 4.41. The Morgan fingerprint density at radius 1 is 1.00 bits per heavy atom. The Hall–Kier alpha value is -1.36. The molecule has 0 amide bonds. The molecular weight excluding hydrogens is 406 g/mol. The number of fused-ring (bicyclic) bond motifs is 3. The van der Waals surface area contributed by atoms with E-state index in [0.29, 0.717) is 20.6 Å². The van der Waals surface area contributed by atoms with Crippen molar-refractivity contribution in [3.05, 3.63) is 74.2 Å². The van der Waals surface area contributed by atoms with E-state index < -0.39 is 11.7 Å². The summed E-state index contributed by atoms with van der Waals surface area (Å²) in [4.78, 5) is 0. The highest BCUT2D eigenvalue weighted by Crippen LogP contribution is 2.55. The molecule has 1 aliphatic carbocycles. The van der Waals surface area contributed by atoms with Gasteiger partial charge in [0.1, 0.15) is 0 Å². The summed E-state index contributed by atoms with van der Waals surface area (Å²) in [6, 6.07) is 7.04. The zero-order valence-corrected chi connectivity index (χ0v) is 15.5. The molecule has 7 heteroatoms. The van der Waals surface area contributed by atoms with E-state index in [-0.39, 0.29) is 23.6 Å². The van der Waals surface area contributed by atoms with Crippen molar-refractivity contribution in [1.82, 2.24) is 0 Å². The van der Waals surface area contributed by atoms with Crippen LogP contribution in [-0.4, -0.2) is 0 Å². The summed E-state index contributed by atoms with van der Waals surface area (Å²) in [5, 5.41) is 4.34. The fraction of sp³-hybridized carbons (Fsp3) is 0.263. The third-order valence-corrected chi connectivity index (χ3v) is 5.96. The molecule has 0 fully saturated rings. The quantitative estimate of drug-likeness (QED) is 0.473. The zero-order valence-electron chi connectivity index (χ0n) is 13.2. The third-order valence-electron chi connectivity index (χ3n) is 5.07. The van der Waals surface area contributed by atoms with Crippen LogP contribution in [0.5, 0.6) is 0 Å². The molecule has 26 heavy (non-hydrogen) atoms. The largest absolute Gasteiger partial charge is 0.418 e. The first-order valence-corrected chi connectivity index (χ1v) is 9.18. The fourth-order valence-corrected chi connectivity index (χ4v) is 4.77. The molecule has 2 aliphatic rings. The molecule has 0 bridgehead atoms. The standard InChI is InChI=1S/C19H13Cl3F3N/c20-9-4-5-12(15(22)8-9)17-11-3-1-2-10(11)16-14(21)7-6-13(18(16)26-17)19(23,24)25/h1-2,4-8,10-11,17,26H,3H2/t10-,11+,17-/m0/s1. The molecule has 0 saturated carbocycles. The molecule has 0 unspecified atom stereocenters. The van der Waals surface area contributed by atoms with Gasteiger partial charge in [0.2, 0.25) is 0 Å². The van der Waals surface area contributed by atoms with Gasteiger partial charge in [-0.25, -0.2) is 0 Å². The minimum absolute atomic E-state index is 0.0298. The van der Waals surface area contributed by atoms with Gasteiger partial charge in [-0.1, -0.05) is 53.0 Å². The molecule has 3 atom stereocenters. The number of allylic oxidation sites excluding steroid dienone is 2. The van der Waals surface area contributed by atoms with Crippen molar-refractivity contribution < 1.29 is 13.2 Å². The number of halogens is 6. The number of hydrogen-bond acceptors (Lipinski definition) is 1. The summed E-state index contributed by atoms with van der Waals surface area (Å²) in [6.45, 7) is 0. The van der Waals surface area contributed by atoms with Crippen LogP contribution >= 0.6 is 34.8 Å². The van der Waals surface area contributed by atoms with Crippen molar-refractivity contribution in [3.63, 3.8) is 0 Å². The van der Waals surface area contributed by atoms with E-state index in [1.807, 2.05) is 12.2 Å². The molecule has 0 radical (unpaired) electrons. The first kappa shape index (κ1) is 18.0. The van der Waals surface area contributed by atoms with Gasteiger partial charge in [-0.15, -0.1) is 0 Å². The lowest BCUT2D eigenvalue weighted by molar-refractivity contribution is -0.137. The van der Waals surface area contributed by atoms with Crippen molar-refractivity contribution in [2.24, 2.45) is 5.92 Å². The van der Waals surface area contributed by atoms with E-state index in [1.54, 1.807) is 18.2 Å². The molecule has 4 rings (SSSR count). The summed E-state index contributed by atoms with van der Waals surface area (Å²) in [6.07, 6.45) is 0.172. The van der Waals surface area contributed by atoms with Gasteiger partial charge in [0.15, 0.2) is 0 Å². The molecule has 2 aromatic carbocycles. The van der Waals surface area contributed by atoms with Crippen molar-refractivity contribution in [2.75, 3.05) is 5.32 Å². The van der Waals surface area contributed by atoms with Crippen molar-refractivity contribution in [3.8, 4) is 0 Å². The second-order valence-corrected chi connectivity index (χ2v) is 7.77. The smallest absolute Gasteiger partial charge is 0.377 e. The van der Waals surface area contributed by atoms with E-state index in [2.05, 4.69) is 5.32 Å². The normalized spacial score (nSPS) is 24.2. The van der Waals surface area contributed by atoms with Gasteiger partial charge in [0.25, 0.3) is 0 Å². The molecule has 136 valence electrons. The summed E-state index contributed by atoms with van der Waals surface area (Å²) >= 11 is 18.6. The van der Waals surface area contributed by atoms with Crippen molar-refractivity contribution in [1.29, 1.82) is 0 Å². The highest BCUT2D eigenvalue weighted by Gasteiger charge is 2.44. The monoisotopic (exact) mass is 417 g/mol. The lowest BCUT2D eigenvalue weighted by Crippen LogP contribution is -2.31.